The van der Waals surface area contributed by atoms with E-state index in [4.69, 9.17) is 5.11 Å². The third-order valence-electron chi connectivity index (χ3n) is 4.05. The van der Waals surface area contributed by atoms with Crippen molar-refractivity contribution in [2.75, 3.05) is 6.61 Å². The molecule has 0 radical (unpaired) electrons. The Kier molecular flexibility index (Phi) is 5.17. The van der Waals surface area contributed by atoms with E-state index >= 15 is 0 Å². The fraction of sp³-hybridized carbons (Fsp3) is 0.562. The summed E-state index contributed by atoms with van der Waals surface area (Å²) in [5.74, 6) is 0.0227. The molecule has 0 heterocycles. The number of nitrogens with one attached hydrogen (secondary N) is 2. The maximum absolute atomic E-state index is 13.2. The maximum Gasteiger partial charge on any atom is 0.315 e. The van der Waals surface area contributed by atoms with Gasteiger partial charge in [0.15, 0.2) is 0 Å². The Hall–Kier alpha value is -1.62. The third-order valence-corrected chi connectivity index (χ3v) is 4.05. The maximum atomic E-state index is 13.2. The summed E-state index contributed by atoms with van der Waals surface area (Å²) in [6.45, 7) is 4.07. The standard InChI is InChI=1S/C16H23FN2O2/c1-10(2)14(7-8-20)18-16(21)19-15-6-3-11-9-12(17)4-5-13(11)15/h4-5,9-10,14-15,20H,3,6-8H2,1-2H3,(H2,18,19,21). The number of urea groups is 1. The lowest BCUT2D eigenvalue weighted by Crippen LogP contribution is -2.45. The molecule has 0 aromatic heterocycles. The summed E-state index contributed by atoms with van der Waals surface area (Å²) in [6, 6.07) is 4.36. The molecule has 21 heavy (non-hydrogen) atoms. The highest BCUT2D eigenvalue weighted by molar-refractivity contribution is 5.75. The van der Waals surface area contributed by atoms with Crippen LogP contribution in [0.3, 0.4) is 0 Å². The summed E-state index contributed by atoms with van der Waals surface area (Å²) in [5.41, 5.74) is 1.96. The highest BCUT2D eigenvalue weighted by atomic mass is 19.1. The Bertz CT molecular complexity index is 505. The molecule has 2 atom stereocenters. The summed E-state index contributed by atoms with van der Waals surface area (Å²) >= 11 is 0. The Morgan fingerprint density at radius 1 is 1.48 bits per heavy atom. The molecule has 3 N–H and O–H groups in total. The first-order chi connectivity index (χ1) is 10.0. The van der Waals surface area contributed by atoms with E-state index in [2.05, 4.69) is 10.6 Å². The van der Waals surface area contributed by atoms with Crippen LogP contribution in [0.5, 0.6) is 0 Å². The number of aliphatic hydroxyl groups is 1. The van der Waals surface area contributed by atoms with Crippen LogP contribution in [0.15, 0.2) is 18.2 Å². The molecule has 1 aliphatic rings. The van der Waals surface area contributed by atoms with E-state index in [9.17, 15) is 9.18 Å². The van der Waals surface area contributed by atoms with E-state index in [-0.39, 0.29) is 36.5 Å². The molecule has 0 aliphatic heterocycles. The summed E-state index contributed by atoms with van der Waals surface area (Å²) in [4.78, 5) is 12.1. The molecule has 2 rings (SSSR count). The molecule has 1 aromatic rings. The minimum absolute atomic E-state index is 0.0503. The van der Waals surface area contributed by atoms with Crippen molar-refractivity contribution in [2.45, 2.75) is 45.2 Å². The number of hydrogen-bond donors (Lipinski definition) is 3. The van der Waals surface area contributed by atoms with Gasteiger partial charge in [-0.3, -0.25) is 0 Å². The average molecular weight is 294 g/mol. The van der Waals surface area contributed by atoms with Gasteiger partial charge in [-0.15, -0.1) is 0 Å². The summed E-state index contributed by atoms with van der Waals surface area (Å²) < 4.78 is 13.2. The van der Waals surface area contributed by atoms with E-state index in [1.807, 2.05) is 13.8 Å². The highest BCUT2D eigenvalue weighted by Gasteiger charge is 2.25. The number of hydrogen-bond acceptors (Lipinski definition) is 2. The lowest BCUT2D eigenvalue weighted by molar-refractivity contribution is 0.216. The predicted octanol–water partition coefficient (Wildman–Crippen LogP) is 2.52. The van der Waals surface area contributed by atoms with Crippen molar-refractivity contribution >= 4 is 6.03 Å². The van der Waals surface area contributed by atoms with Crippen molar-refractivity contribution in [1.29, 1.82) is 0 Å². The highest BCUT2D eigenvalue weighted by Crippen LogP contribution is 2.31. The Morgan fingerprint density at radius 3 is 2.90 bits per heavy atom. The van der Waals surface area contributed by atoms with Crippen molar-refractivity contribution < 1.29 is 14.3 Å². The van der Waals surface area contributed by atoms with E-state index in [1.165, 1.54) is 12.1 Å². The largest absolute Gasteiger partial charge is 0.396 e. The molecule has 0 bridgehead atoms. The second kappa shape index (κ2) is 6.89. The summed E-state index contributed by atoms with van der Waals surface area (Å²) in [7, 11) is 0. The minimum Gasteiger partial charge on any atom is -0.396 e. The average Bonchev–Trinajstić information content (AvgIpc) is 2.80. The molecule has 5 heteroatoms. The molecule has 0 spiro atoms. The Morgan fingerprint density at radius 2 is 2.24 bits per heavy atom. The number of aliphatic hydroxyl groups excluding tert-OH is 1. The van der Waals surface area contributed by atoms with Crippen LogP contribution in [0.2, 0.25) is 0 Å². The van der Waals surface area contributed by atoms with Crippen LogP contribution in [-0.2, 0) is 6.42 Å². The van der Waals surface area contributed by atoms with Crippen LogP contribution in [0.4, 0.5) is 9.18 Å². The van der Waals surface area contributed by atoms with Crippen LogP contribution in [-0.4, -0.2) is 23.8 Å². The molecule has 2 unspecified atom stereocenters. The van der Waals surface area contributed by atoms with Gasteiger partial charge < -0.3 is 15.7 Å². The van der Waals surface area contributed by atoms with Crippen LogP contribution in [0.1, 0.15) is 43.9 Å². The molecule has 0 saturated carbocycles. The van der Waals surface area contributed by atoms with Gasteiger partial charge in [0.25, 0.3) is 0 Å². The Labute approximate surface area is 124 Å². The number of benzene rings is 1. The monoisotopic (exact) mass is 294 g/mol. The zero-order valence-electron chi connectivity index (χ0n) is 12.5. The fourth-order valence-electron chi connectivity index (χ4n) is 2.82. The first-order valence-electron chi connectivity index (χ1n) is 7.47. The number of aryl methyl sites for hydroxylation is 1. The third kappa shape index (κ3) is 3.94. The van der Waals surface area contributed by atoms with Crippen LogP contribution >= 0.6 is 0 Å². The SMILES string of the molecule is CC(C)C(CCO)NC(=O)NC1CCc2cc(F)ccc21. The topological polar surface area (TPSA) is 61.4 Å². The minimum atomic E-state index is -0.235. The van der Waals surface area contributed by atoms with Crippen molar-refractivity contribution in [1.82, 2.24) is 10.6 Å². The van der Waals surface area contributed by atoms with E-state index in [1.54, 1.807) is 6.07 Å². The predicted molar refractivity (Wildman–Crippen MR) is 79.5 cm³/mol. The number of amides is 2. The van der Waals surface area contributed by atoms with Gasteiger partial charge in [-0.1, -0.05) is 19.9 Å². The van der Waals surface area contributed by atoms with E-state index < -0.39 is 0 Å². The molecule has 1 aromatic carbocycles. The van der Waals surface area contributed by atoms with Gasteiger partial charge in [-0.25, -0.2) is 9.18 Å². The Balaban J connectivity index is 1.95. The fourth-order valence-corrected chi connectivity index (χ4v) is 2.82. The van der Waals surface area contributed by atoms with E-state index in [0.717, 1.165) is 24.0 Å². The first kappa shape index (κ1) is 15.8. The van der Waals surface area contributed by atoms with Gasteiger partial charge >= 0.3 is 6.03 Å². The van der Waals surface area contributed by atoms with Gasteiger partial charge in [0, 0.05) is 12.6 Å². The van der Waals surface area contributed by atoms with Crippen LogP contribution < -0.4 is 10.6 Å². The lowest BCUT2D eigenvalue weighted by Gasteiger charge is -2.23. The number of carbonyl (C=O) groups excluding carboxylic acids is 1. The van der Waals surface area contributed by atoms with Crippen LogP contribution in [0.25, 0.3) is 0 Å². The smallest absolute Gasteiger partial charge is 0.315 e. The van der Waals surface area contributed by atoms with Crippen molar-refractivity contribution in [3.63, 3.8) is 0 Å². The number of halogens is 1. The molecule has 0 fully saturated rings. The second-order valence-corrected chi connectivity index (χ2v) is 5.91. The molecule has 1 aliphatic carbocycles. The molecule has 2 amide bonds. The summed E-state index contributed by atoms with van der Waals surface area (Å²) in [5, 5.41) is 14.9. The zero-order chi connectivity index (χ0) is 15.4. The van der Waals surface area contributed by atoms with Gasteiger partial charge in [-0.05, 0) is 48.4 Å². The molecule has 0 saturated heterocycles. The van der Waals surface area contributed by atoms with Gasteiger partial charge in [0.2, 0.25) is 0 Å². The number of carbonyl (C=O) groups is 1. The van der Waals surface area contributed by atoms with Gasteiger partial charge in [0.05, 0.1) is 6.04 Å². The zero-order valence-corrected chi connectivity index (χ0v) is 12.5. The molecular weight excluding hydrogens is 271 g/mol. The van der Waals surface area contributed by atoms with Crippen molar-refractivity contribution in [2.24, 2.45) is 5.92 Å². The lowest BCUT2D eigenvalue weighted by atomic mass is 10.0. The van der Waals surface area contributed by atoms with Crippen molar-refractivity contribution in [3.05, 3.63) is 35.1 Å². The quantitative estimate of drug-likeness (QED) is 0.781. The number of rotatable bonds is 5. The normalized spacial score (nSPS) is 18.4. The molecular formula is C16H23FN2O2. The first-order valence-corrected chi connectivity index (χ1v) is 7.47. The van der Waals surface area contributed by atoms with Gasteiger partial charge in [-0.2, -0.15) is 0 Å². The van der Waals surface area contributed by atoms with E-state index in [0.29, 0.717) is 6.42 Å². The number of fused-ring (bicyclic) bond motifs is 1. The summed E-state index contributed by atoms with van der Waals surface area (Å²) in [6.07, 6.45) is 2.11. The van der Waals surface area contributed by atoms with Crippen molar-refractivity contribution in [3.8, 4) is 0 Å². The molecule has 4 nitrogen and oxygen atoms in total. The van der Waals surface area contributed by atoms with Crippen LogP contribution in [0, 0.1) is 11.7 Å². The second-order valence-electron chi connectivity index (χ2n) is 5.91. The molecule has 116 valence electrons. The van der Waals surface area contributed by atoms with Gasteiger partial charge in [0.1, 0.15) is 5.82 Å².